The normalized spacial score (nSPS) is 13.5. The average Bonchev–Trinajstić information content (AvgIpc) is 2.96. The van der Waals surface area contributed by atoms with Gasteiger partial charge in [-0.3, -0.25) is 14.5 Å². The number of furan rings is 1. The van der Waals surface area contributed by atoms with E-state index in [1.807, 2.05) is 25.1 Å². The number of carbonyl (C=O) groups excluding carboxylic acids is 2. The van der Waals surface area contributed by atoms with E-state index in [0.717, 1.165) is 10.9 Å². The van der Waals surface area contributed by atoms with Gasteiger partial charge < -0.3 is 14.5 Å². The van der Waals surface area contributed by atoms with E-state index in [0.29, 0.717) is 22.7 Å². The van der Waals surface area contributed by atoms with Crippen LogP contribution >= 0.6 is 0 Å². The highest BCUT2D eigenvalue weighted by Gasteiger charge is 2.30. The molecule has 0 bridgehead atoms. The SMILES string of the molecule is COc1ccc2oc(C(=O)N3CC(=O)Nc4ccccc43)c(C)c2c1. The molecule has 2 amide bonds. The molecule has 1 aliphatic rings. The molecule has 126 valence electrons. The molecule has 1 aromatic heterocycles. The first-order valence-electron chi connectivity index (χ1n) is 7.86. The predicted molar refractivity (Wildman–Crippen MR) is 94.3 cm³/mol. The lowest BCUT2D eigenvalue weighted by molar-refractivity contribution is -0.115. The Hall–Kier alpha value is -3.28. The molecule has 0 unspecified atom stereocenters. The third-order valence-electron chi connectivity index (χ3n) is 4.35. The molecule has 0 spiro atoms. The van der Waals surface area contributed by atoms with Gasteiger partial charge in [0.2, 0.25) is 5.91 Å². The minimum Gasteiger partial charge on any atom is -0.497 e. The number of nitrogens with zero attached hydrogens (tertiary/aromatic N) is 1. The van der Waals surface area contributed by atoms with Crippen molar-refractivity contribution in [3.8, 4) is 5.75 Å². The highest BCUT2D eigenvalue weighted by molar-refractivity contribution is 6.15. The number of fused-ring (bicyclic) bond motifs is 2. The number of ether oxygens (including phenoxy) is 1. The lowest BCUT2D eigenvalue weighted by Crippen LogP contribution is -2.42. The largest absolute Gasteiger partial charge is 0.497 e. The molecule has 0 saturated heterocycles. The second-order valence-electron chi connectivity index (χ2n) is 5.87. The number of carbonyl (C=O) groups is 2. The number of rotatable bonds is 2. The van der Waals surface area contributed by atoms with Gasteiger partial charge in [0.15, 0.2) is 5.76 Å². The zero-order valence-electron chi connectivity index (χ0n) is 13.8. The number of amides is 2. The van der Waals surface area contributed by atoms with Crippen LogP contribution in [0.3, 0.4) is 0 Å². The maximum atomic E-state index is 13.1. The van der Waals surface area contributed by atoms with Crippen molar-refractivity contribution >= 4 is 34.2 Å². The van der Waals surface area contributed by atoms with E-state index in [1.54, 1.807) is 31.4 Å². The molecular formula is C19H16N2O4. The quantitative estimate of drug-likeness (QED) is 0.779. The van der Waals surface area contributed by atoms with Crippen LogP contribution in [0.15, 0.2) is 46.9 Å². The van der Waals surface area contributed by atoms with Gasteiger partial charge >= 0.3 is 0 Å². The Balaban J connectivity index is 1.80. The Morgan fingerprint density at radius 3 is 2.84 bits per heavy atom. The number of benzene rings is 2. The van der Waals surface area contributed by atoms with Crippen molar-refractivity contribution in [1.29, 1.82) is 0 Å². The summed E-state index contributed by atoms with van der Waals surface area (Å²) in [7, 11) is 1.59. The fraction of sp³-hybridized carbons (Fsp3) is 0.158. The van der Waals surface area contributed by atoms with Crippen molar-refractivity contribution in [2.45, 2.75) is 6.92 Å². The molecule has 2 aromatic carbocycles. The van der Waals surface area contributed by atoms with Crippen LogP contribution in [-0.4, -0.2) is 25.5 Å². The summed E-state index contributed by atoms with van der Waals surface area (Å²) in [6.45, 7) is 1.78. The molecule has 0 saturated carbocycles. The molecule has 0 aliphatic carbocycles. The number of para-hydroxylation sites is 2. The molecule has 0 atom stereocenters. The van der Waals surface area contributed by atoms with Crippen LogP contribution in [0.2, 0.25) is 0 Å². The summed E-state index contributed by atoms with van der Waals surface area (Å²) < 4.78 is 11.0. The van der Waals surface area contributed by atoms with E-state index in [1.165, 1.54) is 4.90 Å². The second kappa shape index (κ2) is 5.66. The summed E-state index contributed by atoms with van der Waals surface area (Å²) in [5, 5.41) is 3.59. The van der Waals surface area contributed by atoms with E-state index < -0.39 is 0 Å². The summed E-state index contributed by atoms with van der Waals surface area (Å²) in [6, 6.07) is 12.6. The van der Waals surface area contributed by atoms with Crippen molar-refractivity contribution in [2.24, 2.45) is 0 Å². The van der Waals surface area contributed by atoms with Crippen molar-refractivity contribution in [3.63, 3.8) is 0 Å². The summed E-state index contributed by atoms with van der Waals surface area (Å²) in [5.74, 6) is 0.350. The number of anilines is 2. The van der Waals surface area contributed by atoms with Gasteiger partial charge in [-0.15, -0.1) is 0 Å². The van der Waals surface area contributed by atoms with Gasteiger partial charge in [-0.2, -0.15) is 0 Å². The molecule has 6 heteroatoms. The van der Waals surface area contributed by atoms with Gasteiger partial charge in [0.05, 0.1) is 18.5 Å². The van der Waals surface area contributed by atoms with Crippen LogP contribution in [-0.2, 0) is 4.79 Å². The molecule has 1 aliphatic heterocycles. The van der Waals surface area contributed by atoms with Gasteiger partial charge in [0.25, 0.3) is 5.91 Å². The van der Waals surface area contributed by atoms with Gasteiger partial charge in [0.1, 0.15) is 17.9 Å². The number of aryl methyl sites for hydroxylation is 1. The number of hydrogen-bond acceptors (Lipinski definition) is 4. The highest BCUT2D eigenvalue weighted by Crippen LogP contribution is 2.33. The Labute approximate surface area is 144 Å². The van der Waals surface area contributed by atoms with Crippen LogP contribution in [0.4, 0.5) is 11.4 Å². The monoisotopic (exact) mass is 336 g/mol. The minimum atomic E-state index is -0.338. The molecule has 0 fully saturated rings. The molecular weight excluding hydrogens is 320 g/mol. The molecule has 1 N–H and O–H groups in total. The third-order valence-corrected chi connectivity index (χ3v) is 4.35. The number of hydrogen-bond donors (Lipinski definition) is 1. The third kappa shape index (κ3) is 2.42. The summed E-state index contributed by atoms with van der Waals surface area (Å²) >= 11 is 0. The van der Waals surface area contributed by atoms with Crippen molar-refractivity contribution in [1.82, 2.24) is 0 Å². The average molecular weight is 336 g/mol. The highest BCUT2D eigenvalue weighted by atomic mass is 16.5. The molecule has 4 rings (SSSR count). The standard InChI is InChI=1S/C19H16N2O4/c1-11-13-9-12(24-2)7-8-16(13)25-18(11)19(23)21-10-17(22)20-14-5-3-4-6-15(14)21/h3-9H,10H2,1-2H3,(H,20,22). The fourth-order valence-corrected chi connectivity index (χ4v) is 3.07. The Morgan fingerprint density at radius 1 is 1.24 bits per heavy atom. The minimum absolute atomic E-state index is 0.0460. The first kappa shape index (κ1) is 15.3. The Kier molecular flexibility index (Phi) is 3.46. The first-order chi connectivity index (χ1) is 12.1. The lowest BCUT2D eigenvalue weighted by Gasteiger charge is -2.28. The van der Waals surface area contributed by atoms with E-state index in [4.69, 9.17) is 9.15 Å². The summed E-state index contributed by atoms with van der Waals surface area (Å²) in [6.07, 6.45) is 0. The topological polar surface area (TPSA) is 71.8 Å². The maximum Gasteiger partial charge on any atom is 0.294 e. The van der Waals surface area contributed by atoms with Gasteiger partial charge in [-0.25, -0.2) is 0 Å². The fourth-order valence-electron chi connectivity index (χ4n) is 3.07. The zero-order valence-corrected chi connectivity index (χ0v) is 13.8. The second-order valence-corrected chi connectivity index (χ2v) is 5.87. The van der Waals surface area contributed by atoms with Crippen molar-refractivity contribution in [3.05, 3.63) is 53.8 Å². The first-order valence-corrected chi connectivity index (χ1v) is 7.86. The summed E-state index contributed by atoms with van der Waals surface area (Å²) in [4.78, 5) is 26.5. The maximum absolute atomic E-state index is 13.1. The molecule has 0 radical (unpaired) electrons. The van der Waals surface area contributed by atoms with Crippen molar-refractivity contribution in [2.75, 3.05) is 23.9 Å². The molecule has 3 aromatic rings. The van der Waals surface area contributed by atoms with Crippen LogP contribution < -0.4 is 15.0 Å². The number of methoxy groups -OCH3 is 1. The smallest absolute Gasteiger partial charge is 0.294 e. The van der Waals surface area contributed by atoms with Crippen molar-refractivity contribution < 1.29 is 18.7 Å². The van der Waals surface area contributed by atoms with Crippen LogP contribution in [0, 0.1) is 6.92 Å². The van der Waals surface area contributed by atoms with Gasteiger partial charge in [0, 0.05) is 10.9 Å². The predicted octanol–water partition coefficient (Wildman–Crippen LogP) is 3.35. The van der Waals surface area contributed by atoms with Gasteiger partial charge in [-0.1, -0.05) is 12.1 Å². The number of nitrogens with one attached hydrogen (secondary N) is 1. The molecule has 25 heavy (non-hydrogen) atoms. The lowest BCUT2D eigenvalue weighted by atomic mass is 10.1. The van der Waals surface area contributed by atoms with Crippen LogP contribution in [0.1, 0.15) is 16.1 Å². The van der Waals surface area contributed by atoms with Crippen LogP contribution in [0.5, 0.6) is 5.75 Å². The van der Waals surface area contributed by atoms with Crippen LogP contribution in [0.25, 0.3) is 11.0 Å². The Bertz CT molecular complexity index is 1010. The Morgan fingerprint density at radius 2 is 2.04 bits per heavy atom. The molecule has 6 nitrogen and oxygen atoms in total. The van der Waals surface area contributed by atoms with E-state index in [-0.39, 0.29) is 24.1 Å². The molecule has 2 heterocycles. The van der Waals surface area contributed by atoms with E-state index >= 15 is 0 Å². The van der Waals surface area contributed by atoms with E-state index in [9.17, 15) is 9.59 Å². The van der Waals surface area contributed by atoms with E-state index in [2.05, 4.69) is 5.32 Å². The summed E-state index contributed by atoms with van der Waals surface area (Å²) in [5.41, 5.74) is 2.60. The van der Waals surface area contributed by atoms with Gasteiger partial charge in [-0.05, 0) is 37.3 Å². The zero-order chi connectivity index (χ0) is 17.6.